The fourth-order valence-corrected chi connectivity index (χ4v) is 2.76. The first-order chi connectivity index (χ1) is 11.6. The van der Waals surface area contributed by atoms with E-state index in [2.05, 4.69) is 27.4 Å². The van der Waals surface area contributed by atoms with Gasteiger partial charge in [0.15, 0.2) is 0 Å². The largest absolute Gasteiger partial charge is 0.505 e. The summed E-state index contributed by atoms with van der Waals surface area (Å²) < 4.78 is 0. The first kappa shape index (κ1) is 16.0. The number of fused-ring (bicyclic) bond motifs is 1. The fourth-order valence-electron chi connectivity index (χ4n) is 2.76. The summed E-state index contributed by atoms with van der Waals surface area (Å²) in [5, 5.41) is 21.1. The van der Waals surface area contributed by atoms with Crippen molar-refractivity contribution in [2.75, 3.05) is 0 Å². The van der Waals surface area contributed by atoms with E-state index in [4.69, 9.17) is 0 Å². The van der Waals surface area contributed by atoms with Crippen molar-refractivity contribution in [2.24, 2.45) is 5.92 Å². The van der Waals surface area contributed by atoms with E-state index in [9.17, 15) is 9.90 Å². The van der Waals surface area contributed by atoms with Crippen molar-refractivity contribution in [1.29, 1.82) is 0 Å². The van der Waals surface area contributed by atoms with Crippen LogP contribution in [0.5, 0.6) is 5.75 Å². The van der Waals surface area contributed by atoms with Gasteiger partial charge in [0.1, 0.15) is 17.0 Å². The van der Waals surface area contributed by atoms with Crippen LogP contribution in [0.3, 0.4) is 0 Å². The number of H-pyrrole nitrogens is 1. The van der Waals surface area contributed by atoms with Gasteiger partial charge in [-0.05, 0) is 18.1 Å². The third kappa shape index (κ3) is 2.95. The zero-order chi connectivity index (χ0) is 17.1. The summed E-state index contributed by atoms with van der Waals surface area (Å²) in [5.41, 5.74) is 1.53. The lowest BCUT2D eigenvalue weighted by molar-refractivity contribution is 0.0917. The predicted octanol–water partition coefficient (Wildman–Crippen LogP) is 3.18. The van der Waals surface area contributed by atoms with Crippen LogP contribution in [0.1, 0.15) is 42.4 Å². The minimum absolute atomic E-state index is 0.112. The number of carbonyl (C=O) groups is 1. The van der Waals surface area contributed by atoms with E-state index in [0.29, 0.717) is 16.8 Å². The standard InChI is InChI=1S/C18H20N4O2/c1-3-11(2)15(21-18(24)14-8-10-20-22-14)13-7-6-12-5-4-9-19-16(12)17(13)23/h4-11,15,23H,3H2,1-2H3,(H,20,22)(H,21,24). The third-order valence-corrected chi connectivity index (χ3v) is 4.35. The summed E-state index contributed by atoms with van der Waals surface area (Å²) in [6.07, 6.45) is 4.10. The molecule has 24 heavy (non-hydrogen) atoms. The summed E-state index contributed by atoms with van der Waals surface area (Å²) >= 11 is 0. The van der Waals surface area contributed by atoms with Crippen LogP contribution in [0.15, 0.2) is 42.7 Å². The average molecular weight is 324 g/mol. The normalized spacial score (nSPS) is 13.6. The molecule has 0 bridgehead atoms. The van der Waals surface area contributed by atoms with Crippen LogP contribution in [-0.2, 0) is 0 Å². The minimum Gasteiger partial charge on any atom is -0.505 e. The van der Waals surface area contributed by atoms with Crippen LogP contribution in [0, 0.1) is 5.92 Å². The van der Waals surface area contributed by atoms with Crippen LogP contribution in [0.2, 0.25) is 0 Å². The minimum atomic E-state index is -0.328. The highest BCUT2D eigenvalue weighted by Gasteiger charge is 2.25. The second kappa shape index (κ2) is 6.70. The Morgan fingerprint density at radius 1 is 1.33 bits per heavy atom. The molecule has 0 aliphatic heterocycles. The van der Waals surface area contributed by atoms with Crippen LogP contribution in [0.4, 0.5) is 0 Å². The average Bonchev–Trinajstić information content (AvgIpc) is 3.14. The van der Waals surface area contributed by atoms with Crippen molar-refractivity contribution in [2.45, 2.75) is 26.3 Å². The first-order valence-electron chi connectivity index (χ1n) is 7.99. The van der Waals surface area contributed by atoms with Crippen LogP contribution >= 0.6 is 0 Å². The summed E-state index contributed by atoms with van der Waals surface area (Å²) in [5.74, 6) is -0.0252. The molecule has 0 radical (unpaired) electrons. The number of amides is 1. The molecule has 0 spiro atoms. The zero-order valence-electron chi connectivity index (χ0n) is 13.7. The predicted molar refractivity (Wildman–Crippen MR) is 91.7 cm³/mol. The number of hydrogen-bond acceptors (Lipinski definition) is 4. The number of aromatic amines is 1. The zero-order valence-corrected chi connectivity index (χ0v) is 13.7. The smallest absolute Gasteiger partial charge is 0.272 e. The molecule has 0 aliphatic carbocycles. The van der Waals surface area contributed by atoms with Gasteiger partial charge in [-0.25, -0.2) is 0 Å². The number of phenolic OH excluding ortho intramolecular Hbond substituents is 1. The van der Waals surface area contributed by atoms with E-state index >= 15 is 0 Å². The Morgan fingerprint density at radius 3 is 2.88 bits per heavy atom. The van der Waals surface area contributed by atoms with E-state index in [0.717, 1.165) is 11.8 Å². The molecule has 3 aromatic rings. The number of carbonyl (C=O) groups excluding carboxylic acids is 1. The number of aromatic nitrogens is 3. The molecule has 3 rings (SSSR count). The Morgan fingerprint density at radius 2 is 2.17 bits per heavy atom. The molecule has 2 unspecified atom stereocenters. The summed E-state index contributed by atoms with van der Waals surface area (Å²) in [6.45, 7) is 4.09. The number of rotatable bonds is 5. The molecule has 6 heteroatoms. The van der Waals surface area contributed by atoms with Crippen molar-refractivity contribution in [1.82, 2.24) is 20.5 Å². The van der Waals surface area contributed by atoms with Gasteiger partial charge in [-0.2, -0.15) is 5.10 Å². The van der Waals surface area contributed by atoms with E-state index in [-0.39, 0.29) is 23.6 Å². The maximum Gasteiger partial charge on any atom is 0.272 e. The lowest BCUT2D eigenvalue weighted by atomic mass is 9.91. The number of nitrogens with zero attached hydrogens (tertiary/aromatic N) is 2. The molecule has 1 aromatic carbocycles. The van der Waals surface area contributed by atoms with Crippen molar-refractivity contribution in [3.05, 3.63) is 54.0 Å². The lowest BCUT2D eigenvalue weighted by Crippen LogP contribution is -2.32. The van der Waals surface area contributed by atoms with Gasteiger partial charge in [0.2, 0.25) is 0 Å². The van der Waals surface area contributed by atoms with Crippen LogP contribution in [-0.4, -0.2) is 26.2 Å². The molecule has 6 nitrogen and oxygen atoms in total. The lowest BCUT2D eigenvalue weighted by Gasteiger charge is -2.25. The number of phenols is 1. The van der Waals surface area contributed by atoms with E-state index < -0.39 is 0 Å². The van der Waals surface area contributed by atoms with Gasteiger partial charge >= 0.3 is 0 Å². The van der Waals surface area contributed by atoms with Crippen molar-refractivity contribution in [3.8, 4) is 5.75 Å². The number of nitrogens with one attached hydrogen (secondary N) is 2. The van der Waals surface area contributed by atoms with Crippen LogP contribution in [0.25, 0.3) is 10.9 Å². The van der Waals surface area contributed by atoms with Crippen molar-refractivity contribution >= 4 is 16.8 Å². The molecule has 1 amide bonds. The van der Waals surface area contributed by atoms with Gasteiger partial charge in [0.05, 0.1) is 6.04 Å². The molecule has 2 heterocycles. The highest BCUT2D eigenvalue weighted by molar-refractivity contribution is 5.93. The topological polar surface area (TPSA) is 90.9 Å². The van der Waals surface area contributed by atoms with Gasteiger partial charge in [0, 0.05) is 23.3 Å². The molecule has 0 aliphatic rings. The van der Waals surface area contributed by atoms with Gasteiger partial charge in [0.25, 0.3) is 5.91 Å². The second-order valence-corrected chi connectivity index (χ2v) is 5.87. The Balaban J connectivity index is 2.00. The second-order valence-electron chi connectivity index (χ2n) is 5.87. The Kier molecular flexibility index (Phi) is 4.46. The molecule has 0 saturated heterocycles. The molecule has 124 valence electrons. The molecule has 2 atom stereocenters. The summed E-state index contributed by atoms with van der Waals surface area (Å²) in [7, 11) is 0. The van der Waals surface area contributed by atoms with Gasteiger partial charge < -0.3 is 10.4 Å². The van der Waals surface area contributed by atoms with Gasteiger partial charge in [-0.15, -0.1) is 0 Å². The van der Waals surface area contributed by atoms with Crippen LogP contribution < -0.4 is 5.32 Å². The van der Waals surface area contributed by atoms with E-state index in [1.54, 1.807) is 18.5 Å². The maximum atomic E-state index is 12.4. The summed E-state index contributed by atoms with van der Waals surface area (Å²) in [4.78, 5) is 16.7. The number of hydrogen-bond donors (Lipinski definition) is 3. The SMILES string of the molecule is CCC(C)C(NC(=O)c1cc[nH]n1)c1ccc2cccnc2c1O. The number of benzene rings is 1. The Bertz CT molecular complexity index is 845. The molecular weight excluding hydrogens is 304 g/mol. The molecule has 3 N–H and O–H groups in total. The quantitative estimate of drug-likeness (QED) is 0.672. The Hall–Kier alpha value is -2.89. The molecular formula is C18H20N4O2. The molecule has 2 aromatic heterocycles. The van der Waals surface area contributed by atoms with Gasteiger partial charge in [-0.3, -0.25) is 14.9 Å². The Labute approximate surface area is 139 Å². The van der Waals surface area contributed by atoms with E-state index in [1.807, 2.05) is 31.2 Å². The van der Waals surface area contributed by atoms with Crippen molar-refractivity contribution < 1.29 is 9.90 Å². The summed E-state index contributed by atoms with van der Waals surface area (Å²) in [6, 6.07) is 8.77. The fraction of sp³-hybridized carbons (Fsp3) is 0.278. The monoisotopic (exact) mass is 324 g/mol. The highest BCUT2D eigenvalue weighted by Crippen LogP contribution is 2.35. The number of pyridine rings is 1. The highest BCUT2D eigenvalue weighted by atomic mass is 16.3. The molecule has 0 saturated carbocycles. The first-order valence-corrected chi connectivity index (χ1v) is 7.99. The van der Waals surface area contributed by atoms with E-state index in [1.165, 1.54) is 0 Å². The molecule has 0 fully saturated rings. The van der Waals surface area contributed by atoms with Crippen molar-refractivity contribution in [3.63, 3.8) is 0 Å². The maximum absolute atomic E-state index is 12.4. The van der Waals surface area contributed by atoms with Gasteiger partial charge in [-0.1, -0.05) is 38.5 Å². The number of aromatic hydroxyl groups is 1. The third-order valence-electron chi connectivity index (χ3n) is 4.35.